The van der Waals surface area contributed by atoms with Crippen molar-refractivity contribution in [1.82, 2.24) is 9.80 Å². The van der Waals surface area contributed by atoms with Gasteiger partial charge in [-0.1, -0.05) is 6.92 Å². The number of hydrogen-bond donors (Lipinski definition) is 0. The van der Waals surface area contributed by atoms with Crippen molar-refractivity contribution in [3.05, 3.63) is 29.8 Å². The van der Waals surface area contributed by atoms with Gasteiger partial charge in [0.15, 0.2) is 0 Å². The molecule has 0 aromatic heterocycles. The Morgan fingerprint density at radius 3 is 2.46 bits per heavy atom. The number of benzene rings is 1. The number of likely N-dealkylation sites (tertiary alicyclic amines) is 2. The number of hydrogen-bond acceptors (Lipinski definition) is 3. The Hall–Kier alpha value is -2.04. The maximum absolute atomic E-state index is 12.3. The van der Waals surface area contributed by atoms with Gasteiger partial charge in [0, 0.05) is 31.6 Å². The number of nitrogens with zero attached hydrogens (tertiary/aromatic N) is 2. The third-order valence-electron chi connectivity index (χ3n) is 4.94. The first-order valence-electron chi connectivity index (χ1n) is 9.00. The molecular formula is C19H26N2O3. The minimum absolute atomic E-state index is 0.106. The molecule has 2 aliphatic rings. The first kappa shape index (κ1) is 16.8. The van der Waals surface area contributed by atoms with E-state index in [0.717, 1.165) is 51.1 Å². The molecule has 1 aromatic rings. The van der Waals surface area contributed by atoms with Crippen molar-refractivity contribution in [3.8, 4) is 5.75 Å². The molecule has 2 aliphatic heterocycles. The molecule has 0 unspecified atom stereocenters. The molecule has 2 amide bonds. The molecule has 5 heteroatoms. The molecule has 1 aromatic carbocycles. The van der Waals surface area contributed by atoms with Crippen LogP contribution in [0.25, 0.3) is 0 Å². The van der Waals surface area contributed by atoms with Gasteiger partial charge < -0.3 is 14.5 Å². The monoisotopic (exact) mass is 330 g/mol. The fraction of sp³-hybridized carbons (Fsp3) is 0.579. The maximum atomic E-state index is 12.3. The van der Waals surface area contributed by atoms with E-state index in [1.165, 1.54) is 0 Å². The third kappa shape index (κ3) is 3.71. The molecule has 2 saturated heterocycles. The van der Waals surface area contributed by atoms with Crippen molar-refractivity contribution in [2.24, 2.45) is 0 Å². The van der Waals surface area contributed by atoms with Crippen LogP contribution in [0.5, 0.6) is 5.75 Å². The van der Waals surface area contributed by atoms with Crippen LogP contribution >= 0.6 is 0 Å². The minimum Gasteiger partial charge on any atom is -0.491 e. The molecule has 2 fully saturated rings. The second kappa shape index (κ2) is 7.69. The summed E-state index contributed by atoms with van der Waals surface area (Å²) in [5.74, 6) is 1.06. The lowest BCUT2D eigenvalue weighted by Gasteiger charge is -2.24. The second-order valence-electron chi connectivity index (χ2n) is 6.57. The predicted molar refractivity (Wildman–Crippen MR) is 92.1 cm³/mol. The van der Waals surface area contributed by atoms with Crippen LogP contribution in [0.4, 0.5) is 0 Å². The molecular weight excluding hydrogens is 304 g/mol. The molecule has 0 aliphatic carbocycles. The Morgan fingerprint density at radius 2 is 1.79 bits per heavy atom. The highest BCUT2D eigenvalue weighted by molar-refractivity contribution is 5.94. The van der Waals surface area contributed by atoms with Gasteiger partial charge in [-0.05, 0) is 49.9 Å². The van der Waals surface area contributed by atoms with Gasteiger partial charge in [0.1, 0.15) is 12.4 Å². The molecule has 5 nitrogen and oxygen atoms in total. The Bertz CT molecular complexity index is 579. The van der Waals surface area contributed by atoms with E-state index < -0.39 is 0 Å². The molecule has 0 spiro atoms. The Morgan fingerprint density at radius 1 is 1.08 bits per heavy atom. The van der Waals surface area contributed by atoms with Gasteiger partial charge in [-0.3, -0.25) is 9.59 Å². The smallest absolute Gasteiger partial charge is 0.253 e. The van der Waals surface area contributed by atoms with E-state index in [1.54, 1.807) is 0 Å². The first-order chi connectivity index (χ1) is 11.7. The molecule has 130 valence electrons. The number of carbonyl (C=O) groups excluding carboxylic acids is 2. The fourth-order valence-corrected chi connectivity index (χ4v) is 3.53. The second-order valence-corrected chi connectivity index (χ2v) is 6.57. The number of amides is 2. The largest absolute Gasteiger partial charge is 0.491 e. The number of rotatable bonds is 5. The zero-order chi connectivity index (χ0) is 16.9. The summed E-state index contributed by atoms with van der Waals surface area (Å²) < 4.78 is 5.86. The van der Waals surface area contributed by atoms with Crippen LogP contribution in [0.15, 0.2) is 24.3 Å². The average Bonchev–Trinajstić information content (AvgIpc) is 3.30. The summed E-state index contributed by atoms with van der Waals surface area (Å²) in [5, 5.41) is 0. The van der Waals surface area contributed by atoms with Crippen molar-refractivity contribution in [2.45, 2.75) is 45.1 Å². The lowest BCUT2D eigenvalue weighted by molar-refractivity contribution is -0.132. The predicted octanol–water partition coefficient (Wildman–Crippen LogP) is 2.70. The molecule has 1 atom stereocenters. The SMILES string of the molecule is CCC(=O)N1CCC[C@H]1COc1ccc(C(=O)N2CCCC2)cc1. The fourth-order valence-electron chi connectivity index (χ4n) is 3.53. The number of carbonyl (C=O) groups is 2. The molecule has 2 heterocycles. The summed E-state index contributed by atoms with van der Waals surface area (Å²) in [6.45, 7) is 4.98. The zero-order valence-corrected chi connectivity index (χ0v) is 14.4. The van der Waals surface area contributed by atoms with Crippen LogP contribution in [-0.2, 0) is 4.79 Å². The summed E-state index contributed by atoms with van der Waals surface area (Å²) in [6.07, 6.45) is 4.78. The van der Waals surface area contributed by atoms with Crippen molar-refractivity contribution in [1.29, 1.82) is 0 Å². The standard InChI is InChI=1S/C19H26N2O3/c1-2-18(22)21-13-5-6-16(21)14-24-17-9-7-15(8-10-17)19(23)20-11-3-4-12-20/h7-10,16H,2-6,11-14H2,1H3/t16-/m0/s1. The third-order valence-corrected chi connectivity index (χ3v) is 4.94. The van der Waals surface area contributed by atoms with Crippen molar-refractivity contribution >= 4 is 11.8 Å². The molecule has 0 saturated carbocycles. The van der Waals surface area contributed by atoms with Crippen LogP contribution in [0.1, 0.15) is 49.4 Å². The van der Waals surface area contributed by atoms with E-state index in [-0.39, 0.29) is 17.9 Å². The molecule has 0 radical (unpaired) electrons. The van der Waals surface area contributed by atoms with Crippen LogP contribution in [0.2, 0.25) is 0 Å². The molecule has 24 heavy (non-hydrogen) atoms. The Labute approximate surface area is 143 Å². The highest BCUT2D eigenvalue weighted by Crippen LogP contribution is 2.21. The summed E-state index contributed by atoms with van der Waals surface area (Å²) in [5.41, 5.74) is 0.716. The van der Waals surface area contributed by atoms with Crippen molar-refractivity contribution in [3.63, 3.8) is 0 Å². The molecule has 0 bridgehead atoms. The normalized spacial score (nSPS) is 20.5. The Kier molecular flexibility index (Phi) is 5.38. The first-order valence-corrected chi connectivity index (χ1v) is 9.00. The van der Waals surface area contributed by atoms with Gasteiger partial charge in [0.05, 0.1) is 6.04 Å². The van der Waals surface area contributed by atoms with E-state index in [0.29, 0.717) is 18.6 Å². The van der Waals surface area contributed by atoms with Crippen LogP contribution < -0.4 is 4.74 Å². The quantitative estimate of drug-likeness (QED) is 0.834. The van der Waals surface area contributed by atoms with E-state index >= 15 is 0 Å². The van der Waals surface area contributed by atoms with E-state index in [1.807, 2.05) is 41.0 Å². The van der Waals surface area contributed by atoms with E-state index in [2.05, 4.69) is 0 Å². The van der Waals surface area contributed by atoms with Gasteiger partial charge >= 0.3 is 0 Å². The highest BCUT2D eigenvalue weighted by atomic mass is 16.5. The lowest BCUT2D eigenvalue weighted by atomic mass is 10.2. The van der Waals surface area contributed by atoms with Crippen LogP contribution in [0.3, 0.4) is 0 Å². The summed E-state index contributed by atoms with van der Waals surface area (Å²) >= 11 is 0. The van der Waals surface area contributed by atoms with E-state index in [4.69, 9.17) is 4.74 Å². The summed E-state index contributed by atoms with van der Waals surface area (Å²) in [7, 11) is 0. The van der Waals surface area contributed by atoms with Gasteiger partial charge in [-0.15, -0.1) is 0 Å². The topological polar surface area (TPSA) is 49.9 Å². The summed E-state index contributed by atoms with van der Waals surface area (Å²) in [4.78, 5) is 28.1. The van der Waals surface area contributed by atoms with Gasteiger partial charge in [0.2, 0.25) is 5.91 Å². The van der Waals surface area contributed by atoms with Gasteiger partial charge in [-0.25, -0.2) is 0 Å². The van der Waals surface area contributed by atoms with Crippen LogP contribution in [0, 0.1) is 0 Å². The average molecular weight is 330 g/mol. The van der Waals surface area contributed by atoms with Crippen molar-refractivity contribution < 1.29 is 14.3 Å². The van der Waals surface area contributed by atoms with Gasteiger partial charge in [0.25, 0.3) is 5.91 Å². The zero-order valence-electron chi connectivity index (χ0n) is 14.4. The Balaban J connectivity index is 1.54. The summed E-state index contributed by atoms with van der Waals surface area (Å²) in [6, 6.07) is 7.54. The number of ether oxygens (including phenoxy) is 1. The van der Waals surface area contributed by atoms with Crippen molar-refractivity contribution in [2.75, 3.05) is 26.2 Å². The lowest BCUT2D eigenvalue weighted by Crippen LogP contribution is -2.38. The maximum Gasteiger partial charge on any atom is 0.253 e. The van der Waals surface area contributed by atoms with Gasteiger partial charge in [-0.2, -0.15) is 0 Å². The van der Waals surface area contributed by atoms with Crippen LogP contribution in [-0.4, -0.2) is 53.9 Å². The highest BCUT2D eigenvalue weighted by Gasteiger charge is 2.28. The minimum atomic E-state index is 0.106. The molecule has 0 N–H and O–H groups in total. The van der Waals surface area contributed by atoms with E-state index in [9.17, 15) is 9.59 Å². The molecule has 3 rings (SSSR count).